The van der Waals surface area contributed by atoms with Crippen molar-refractivity contribution in [3.8, 4) is 0 Å². The number of piperidine rings is 1. The van der Waals surface area contributed by atoms with Gasteiger partial charge in [0.05, 0.1) is 30.3 Å². The van der Waals surface area contributed by atoms with Gasteiger partial charge in [-0.2, -0.15) is 0 Å². The second-order valence-corrected chi connectivity index (χ2v) is 12.8. The summed E-state index contributed by atoms with van der Waals surface area (Å²) in [6.07, 6.45) is 8.10. The Balaban J connectivity index is 1.32. The summed E-state index contributed by atoms with van der Waals surface area (Å²) in [6, 6.07) is 0. The van der Waals surface area contributed by atoms with E-state index in [0.717, 1.165) is 38.1 Å². The minimum absolute atomic E-state index is 0.207. The molecule has 1 N–H and O–H groups in total. The second-order valence-electron chi connectivity index (χ2n) is 10.6. The molecule has 1 saturated carbocycles. The zero-order valence-electron chi connectivity index (χ0n) is 19.8. The fraction of sp³-hybridized carbons (Fsp3) is 0.792. The summed E-state index contributed by atoms with van der Waals surface area (Å²) in [7, 11) is -3.32. The van der Waals surface area contributed by atoms with E-state index in [0.29, 0.717) is 30.8 Å². The molecule has 8 heteroatoms. The molecule has 2 fully saturated rings. The minimum atomic E-state index is -3.32. The molecule has 7 nitrogen and oxygen atoms in total. The third-order valence-electron chi connectivity index (χ3n) is 6.45. The smallest absolute Gasteiger partial charge is 0.410 e. The van der Waals surface area contributed by atoms with Gasteiger partial charge in [-0.05, 0) is 76.7 Å². The van der Waals surface area contributed by atoms with E-state index in [9.17, 15) is 18.3 Å². The summed E-state index contributed by atoms with van der Waals surface area (Å²) < 4.78 is 35.8. The highest BCUT2D eigenvalue weighted by Gasteiger charge is 2.44. The van der Waals surface area contributed by atoms with E-state index in [-0.39, 0.29) is 11.8 Å². The van der Waals surface area contributed by atoms with Gasteiger partial charge in [-0.25, -0.2) is 13.2 Å². The summed E-state index contributed by atoms with van der Waals surface area (Å²) >= 11 is 0. The Bertz CT molecular complexity index is 818. The van der Waals surface area contributed by atoms with Gasteiger partial charge in [0.15, 0.2) is 9.84 Å². The average molecular weight is 470 g/mol. The van der Waals surface area contributed by atoms with Crippen molar-refractivity contribution in [2.45, 2.75) is 70.3 Å². The van der Waals surface area contributed by atoms with Gasteiger partial charge in [-0.3, -0.25) is 0 Å². The highest BCUT2D eigenvalue weighted by atomic mass is 32.2. The van der Waals surface area contributed by atoms with Crippen LogP contribution in [0, 0.1) is 17.8 Å². The SMILES string of the molecule is CC(O)CS(=O)(=O)C1C=CC(COC[C@@H]2C[C@@H]2C2CCN(C(=O)OC(C)(C)C)CC2)=CC1. The van der Waals surface area contributed by atoms with Crippen LogP contribution in [0.2, 0.25) is 0 Å². The number of hydrogen-bond acceptors (Lipinski definition) is 6. The number of hydrogen-bond donors (Lipinski definition) is 1. The summed E-state index contributed by atoms with van der Waals surface area (Å²) in [5, 5.41) is 8.82. The van der Waals surface area contributed by atoms with Crippen molar-refractivity contribution >= 4 is 15.9 Å². The fourth-order valence-electron chi connectivity index (χ4n) is 4.68. The lowest BCUT2D eigenvalue weighted by Crippen LogP contribution is -2.42. The molecule has 4 atom stereocenters. The Kier molecular flexibility index (Phi) is 8.10. The number of allylic oxidation sites excluding steroid dienone is 1. The van der Waals surface area contributed by atoms with Crippen molar-refractivity contribution < 1.29 is 27.8 Å². The first-order valence-electron chi connectivity index (χ1n) is 11.8. The van der Waals surface area contributed by atoms with Crippen LogP contribution in [0.1, 0.15) is 53.4 Å². The van der Waals surface area contributed by atoms with Crippen LogP contribution in [0.15, 0.2) is 23.8 Å². The van der Waals surface area contributed by atoms with Crippen LogP contribution < -0.4 is 0 Å². The molecular formula is C24H39NO6S. The molecule has 0 radical (unpaired) electrons. The predicted octanol–water partition coefficient (Wildman–Crippen LogP) is 3.34. The first-order chi connectivity index (χ1) is 14.9. The molecule has 182 valence electrons. The Hall–Kier alpha value is -1.38. The third kappa shape index (κ3) is 7.32. The van der Waals surface area contributed by atoms with Crippen molar-refractivity contribution in [3.63, 3.8) is 0 Å². The van der Waals surface area contributed by atoms with Crippen LogP contribution in [-0.4, -0.2) is 73.5 Å². The molecule has 2 unspecified atom stereocenters. The maximum absolute atomic E-state index is 12.2. The van der Waals surface area contributed by atoms with Gasteiger partial charge < -0.3 is 19.5 Å². The average Bonchev–Trinajstić information content (AvgIpc) is 3.46. The zero-order valence-corrected chi connectivity index (χ0v) is 20.6. The number of rotatable bonds is 8. The predicted molar refractivity (Wildman–Crippen MR) is 124 cm³/mol. The number of carbonyl (C=O) groups excluding carboxylic acids is 1. The van der Waals surface area contributed by atoms with Gasteiger partial charge in [0.1, 0.15) is 5.60 Å². The second kappa shape index (κ2) is 10.3. The number of carbonyl (C=O) groups is 1. The lowest BCUT2D eigenvalue weighted by molar-refractivity contribution is 0.0171. The van der Waals surface area contributed by atoms with Crippen molar-refractivity contribution in [1.82, 2.24) is 4.90 Å². The summed E-state index contributed by atoms with van der Waals surface area (Å²) in [6.45, 7) is 9.93. The summed E-state index contributed by atoms with van der Waals surface area (Å²) in [5.41, 5.74) is 0.555. The topological polar surface area (TPSA) is 93.1 Å². The first kappa shape index (κ1) is 25.2. The maximum Gasteiger partial charge on any atom is 0.410 e. The van der Waals surface area contributed by atoms with E-state index < -0.39 is 26.8 Å². The zero-order chi connectivity index (χ0) is 23.5. The standard InChI is InChI=1S/C24H39NO6S/c1-17(26)16-32(28,29)21-7-5-18(6-8-21)14-30-15-20-13-22(20)19-9-11-25(12-10-19)23(27)31-24(2,3)4/h5-7,17,19-22,26H,8-16H2,1-4H3/t17?,20-,21?,22+/m0/s1. The van der Waals surface area contributed by atoms with E-state index in [1.807, 2.05) is 37.8 Å². The van der Waals surface area contributed by atoms with E-state index in [1.165, 1.54) is 13.3 Å². The van der Waals surface area contributed by atoms with Crippen LogP contribution in [0.4, 0.5) is 4.79 Å². The highest BCUT2D eigenvalue weighted by Crippen LogP contribution is 2.48. The molecule has 0 aromatic carbocycles. The molecule has 0 spiro atoms. The van der Waals surface area contributed by atoms with Crippen LogP contribution in [0.3, 0.4) is 0 Å². The normalized spacial score (nSPS) is 27.7. The van der Waals surface area contributed by atoms with Crippen LogP contribution in [-0.2, 0) is 19.3 Å². The Morgan fingerprint density at radius 2 is 1.97 bits per heavy atom. The van der Waals surface area contributed by atoms with Crippen LogP contribution in [0.25, 0.3) is 0 Å². The fourth-order valence-corrected chi connectivity index (χ4v) is 6.31. The minimum Gasteiger partial charge on any atom is -0.444 e. The Morgan fingerprint density at radius 3 is 2.53 bits per heavy atom. The molecule has 3 rings (SSSR count). The lowest BCUT2D eigenvalue weighted by Gasteiger charge is -2.33. The number of nitrogens with zero attached hydrogens (tertiary/aromatic N) is 1. The van der Waals surface area contributed by atoms with Crippen LogP contribution in [0.5, 0.6) is 0 Å². The number of amides is 1. The van der Waals surface area contributed by atoms with Crippen molar-refractivity contribution in [1.29, 1.82) is 0 Å². The summed E-state index contributed by atoms with van der Waals surface area (Å²) in [4.78, 5) is 14.0. The largest absolute Gasteiger partial charge is 0.444 e. The maximum atomic E-state index is 12.2. The van der Waals surface area contributed by atoms with Crippen LogP contribution >= 0.6 is 0 Å². The number of aliphatic hydroxyl groups is 1. The van der Waals surface area contributed by atoms with E-state index in [4.69, 9.17) is 9.47 Å². The van der Waals surface area contributed by atoms with Crippen molar-refractivity contribution in [2.75, 3.05) is 32.1 Å². The lowest BCUT2D eigenvalue weighted by atomic mass is 9.91. The van der Waals surface area contributed by atoms with E-state index >= 15 is 0 Å². The molecule has 3 aliphatic rings. The van der Waals surface area contributed by atoms with E-state index in [2.05, 4.69) is 0 Å². The van der Waals surface area contributed by atoms with Gasteiger partial charge in [-0.15, -0.1) is 0 Å². The Labute approximate surface area is 192 Å². The Morgan fingerprint density at radius 1 is 1.28 bits per heavy atom. The number of ether oxygens (including phenoxy) is 2. The number of sulfone groups is 1. The molecule has 1 aliphatic heterocycles. The van der Waals surface area contributed by atoms with Gasteiger partial charge in [0.25, 0.3) is 0 Å². The third-order valence-corrected chi connectivity index (χ3v) is 8.67. The summed E-state index contributed by atoms with van der Waals surface area (Å²) in [5.74, 6) is 1.71. The molecule has 0 aromatic rings. The van der Waals surface area contributed by atoms with Gasteiger partial charge in [-0.1, -0.05) is 18.2 Å². The molecular weight excluding hydrogens is 430 g/mol. The molecule has 1 saturated heterocycles. The molecule has 2 aliphatic carbocycles. The molecule has 0 aromatic heterocycles. The first-order valence-corrected chi connectivity index (χ1v) is 13.5. The van der Waals surface area contributed by atoms with Crippen molar-refractivity contribution in [3.05, 3.63) is 23.8 Å². The van der Waals surface area contributed by atoms with Gasteiger partial charge in [0, 0.05) is 13.1 Å². The molecule has 0 bridgehead atoms. The van der Waals surface area contributed by atoms with E-state index in [1.54, 1.807) is 6.08 Å². The van der Waals surface area contributed by atoms with Gasteiger partial charge in [0.2, 0.25) is 0 Å². The number of likely N-dealkylation sites (tertiary alicyclic amines) is 1. The highest BCUT2D eigenvalue weighted by molar-refractivity contribution is 7.92. The molecule has 1 amide bonds. The molecule has 1 heterocycles. The molecule has 32 heavy (non-hydrogen) atoms. The monoisotopic (exact) mass is 469 g/mol. The number of aliphatic hydroxyl groups excluding tert-OH is 1. The quantitative estimate of drug-likeness (QED) is 0.586. The van der Waals surface area contributed by atoms with Gasteiger partial charge >= 0.3 is 6.09 Å². The van der Waals surface area contributed by atoms with Crippen molar-refractivity contribution in [2.24, 2.45) is 17.8 Å².